The van der Waals surface area contributed by atoms with E-state index in [1.54, 1.807) is 17.9 Å². The summed E-state index contributed by atoms with van der Waals surface area (Å²) in [5, 5.41) is 14.6. The normalized spacial score (nSPS) is 14.6. The number of nitro benzene ring substituents is 1. The van der Waals surface area contributed by atoms with E-state index in [0.717, 1.165) is 29.7 Å². The number of hydrogen-bond donors (Lipinski definition) is 1. The first-order valence-electron chi connectivity index (χ1n) is 9.42. The Morgan fingerprint density at radius 3 is 2.50 bits per heavy atom. The fraction of sp³-hybridized carbons (Fsp3) is 0.381. The summed E-state index contributed by atoms with van der Waals surface area (Å²) in [6.07, 6.45) is 1.23. The summed E-state index contributed by atoms with van der Waals surface area (Å²) in [6.45, 7) is 5.14. The van der Waals surface area contributed by atoms with Gasteiger partial charge in [-0.2, -0.15) is 0 Å². The highest BCUT2D eigenvalue weighted by Crippen LogP contribution is 2.28. The summed E-state index contributed by atoms with van der Waals surface area (Å²) in [5.41, 5.74) is 3.50. The van der Waals surface area contributed by atoms with Crippen LogP contribution in [0.5, 0.6) is 0 Å². The molecule has 2 aromatic rings. The Kier molecular flexibility index (Phi) is 6.13. The van der Waals surface area contributed by atoms with Crippen molar-refractivity contribution in [3.63, 3.8) is 0 Å². The molecular weight excluding hydrogens is 358 g/mol. The number of amides is 1. The van der Waals surface area contributed by atoms with Gasteiger partial charge in [0.05, 0.1) is 4.92 Å². The number of nitrogens with one attached hydrogen (secondary N) is 1. The molecular formula is C21H25N3O4. The molecule has 1 aliphatic heterocycles. The number of carbonyl (C=O) groups is 1. The topological polar surface area (TPSA) is 84.7 Å². The van der Waals surface area contributed by atoms with Crippen LogP contribution in [-0.2, 0) is 11.3 Å². The fourth-order valence-electron chi connectivity index (χ4n) is 3.43. The quantitative estimate of drug-likeness (QED) is 0.610. The summed E-state index contributed by atoms with van der Waals surface area (Å²) in [4.78, 5) is 24.8. The largest absolute Gasteiger partial charge is 0.445 e. The molecule has 7 heteroatoms. The Morgan fingerprint density at radius 1 is 1.18 bits per heavy atom. The lowest BCUT2D eigenvalue weighted by molar-refractivity contribution is -0.385. The number of anilines is 1. The molecule has 3 rings (SSSR count). The predicted molar refractivity (Wildman–Crippen MR) is 107 cm³/mol. The number of ether oxygens (including phenoxy) is 1. The first-order valence-corrected chi connectivity index (χ1v) is 9.42. The van der Waals surface area contributed by atoms with Gasteiger partial charge in [0, 0.05) is 36.4 Å². The molecule has 28 heavy (non-hydrogen) atoms. The molecule has 0 bridgehead atoms. The van der Waals surface area contributed by atoms with Gasteiger partial charge in [-0.1, -0.05) is 30.3 Å². The predicted octanol–water partition coefficient (Wildman–Crippen LogP) is 4.42. The lowest BCUT2D eigenvalue weighted by atomic mass is 10.0. The van der Waals surface area contributed by atoms with Crippen molar-refractivity contribution in [3.05, 3.63) is 69.3 Å². The van der Waals surface area contributed by atoms with E-state index in [1.807, 2.05) is 43.3 Å². The molecule has 0 atom stereocenters. The summed E-state index contributed by atoms with van der Waals surface area (Å²) in [5.74, 6) is 0. The first-order chi connectivity index (χ1) is 13.4. The van der Waals surface area contributed by atoms with E-state index < -0.39 is 0 Å². The minimum atomic E-state index is -0.356. The number of aryl methyl sites for hydroxylation is 2. The zero-order valence-electron chi connectivity index (χ0n) is 16.2. The van der Waals surface area contributed by atoms with E-state index in [4.69, 9.17) is 4.74 Å². The minimum Gasteiger partial charge on any atom is -0.445 e. The maximum atomic E-state index is 12.3. The van der Waals surface area contributed by atoms with Crippen molar-refractivity contribution >= 4 is 17.5 Å². The number of piperidine rings is 1. The fourth-order valence-corrected chi connectivity index (χ4v) is 3.43. The highest BCUT2D eigenvalue weighted by atomic mass is 16.6. The monoisotopic (exact) mass is 383 g/mol. The number of benzene rings is 2. The molecule has 1 saturated heterocycles. The molecule has 0 aliphatic carbocycles. The SMILES string of the molecule is Cc1cc(C)c([N+](=O)[O-])cc1NC1CCN(C(=O)OCc2ccccc2)CC1. The summed E-state index contributed by atoms with van der Waals surface area (Å²) in [7, 11) is 0. The standard InChI is InChI=1S/C21H25N3O4/c1-15-12-16(2)20(24(26)27)13-19(15)22-18-8-10-23(11-9-18)21(25)28-14-17-6-4-3-5-7-17/h3-7,12-13,18,22H,8-11,14H2,1-2H3. The Morgan fingerprint density at radius 2 is 1.86 bits per heavy atom. The number of carbonyl (C=O) groups excluding carboxylic acids is 1. The Hall–Kier alpha value is -3.09. The molecule has 1 amide bonds. The number of nitro groups is 1. The molecule has 0 saturated carbocycles. The van der Waals surface area contributed by atoms with Gasteiger partial charge in [0.15, 0.2) is 0 Å². The van der Waals surface area contributed by atoms with Crippen molar-refractivity contribution in [3.8, 4) is 0 Å². The lowest BCUT2D eigenvalue weighted by Gasteiger charge is -2.32. The van der Waals surface area contributed by atoms with Crippen LogP contribution in [0.3, 0.4) is 0 Å². The molecule has 1 N–H and O–H groups in total. The van der Waals surface area contributed by atoms with Crippen LogP contribution in [0, 0.1) is 24.0 Å². The van der Waals surface area contributed by atoms with Crippen molar-refractivity contribution in [1.82, 2.24) is 4.90 Å². The average Bonchev–Trinajstić information content (AvgIpc) is 2.69. The van der Waals surface area contributed by atoms with Crippen molar-refractivity contribution in [2.75, 3.05) is 18.4 Å². The minimum absolute atomic E-state index is 0.120. The second-order valence-corrected chi connectivity index (χ2v) is 7.16. The summed E-state index contributed by atoms with van der Waals surface area (Å²) >= 11 is 0. The van der Waals surface area contributed by atoms with Gasteiger partial charge >= 0.3 is 6.09 Å². The van der Waals surface area contributed by atoms with Crippen LogP contribution in [0.25, 0.3) is 0 Å². The molecule has 1 fully saturated rings. The van der Waals surface area contributed by atoms with E-state index in [2.05, 4.69) is 5.32 Å². The van der Waals surface area contributed by atoms with Crippen LogP contribution in [0.2, 0.25) is 0 Å². The smallest absolute Gasteiger partial charge is 0.410 e. The molecule has 1 aliphatic rings. The van der Waals surface area contributed by atoms with Gasteiger partial charge in [-0.15, -0.1) is 0 Å². The Bertz CT molecular complexity index is 846. The second kappa shape index (κ2) is 8.73. The van der Waals surface area contributed by atoms with Gasteiger partial charge < -0.3 is 15.0 Å². The van der Waals surface area contributed by atoms with E-state index in [0.29, 0.717) is 18.7 Å². The number of hydrogen-bond acceptors (Lipinski definition) is 5. The van der Waals surface area contributed by atoms with Crippen LogP contribution in [-0.4, -0.2) is 35.0 Å². The van der Waals surface area contributed by atoms with E-state index in [1.165, 1.54) is 0 Å². The number of rotatable bonds is 5. The van der Waals surface area contributed by atoms with E-state index in [-0.39, 0.29) is 29.4 Å². The first kappa shape index (κ1) is 19.7. The number of nitrogens with zero attached hydrogens (tertiary/aromatic N) is 2. The third kappa shape index (κ3) is 4.79. The molecule has 2 aromatic carbocycles. The zero-order valence-corrected chi connectivity index (χ0v) is 16.2. The highest BCUT2D eigenvalue weighted by Gasteiger charge is 2.24. The molecule has 148 valence electrons. The van der Waals surface area contributed by atoms with Crippen molar-refractivity contribution in [2.24, 2.45) is 0 Å². The van der Waals surface area contributed by atoms with Crippen molar-refractivity contribution in [1.29, 1.82) is 0 Å². The Labute approximate surface area is 164 Å². The average molecular weight is 383 g/mol. The van der Waals surface area contributed by atoms with Gasteiger partial charge in [0.25, 0.3) is 5.69 Å². The third-order valence-electron chi connectivity index (χ3n) is 5.06. The van der Waals surface area contributed by atoms with E-state index in [9.17, 15) is 14.9 Å². The summed E-state index contributed by atoms with van der Waals surface area (Å²) < 4.78 is 5.39. The van der Waals surface area contributed by atoms with Crippen molar-refractivity contribution < 1.29 is 14.5 Å². The van der Waals surface area contributed by atoms with Crippen LogP contribution in [0.1, 0.15) is 29.5 Å². The van der Waals surface area contributed by atoms with Gasteiger partial charge in [-0.05, 0) is 43.9 Å². The van der Waals surface area contributed by atoms with Crippen molar-refractivity contribution in [2.45, 2.75) is 39.3 Å². The number of likely N-dealkylation sites (tertiary alicyclic amines) is 1. The van der Waals surface area contributed by atoms with Crippen LogP contribution in [0.4, 0.5) is 16.2 Å². The van der Waals surface area contributed by atoms with Crippen LogP contribution in [0.15, 0.2) is 42.5 Å². The molecule has 1 heterocycles. The van der Waals surface area contributed by atoms with Crippen LogP contribution >= 0.6 is 0 Å². The maximum absolute atomic E-state index is 12.3. The lowest BCUT2D eigenvalue weighted by Crippen LogP contribution is -2.42. The highest BCUT2D eigenvalue weighted by molar-refractivity contribution is 5.68. The molecule has 0 aromatic heterocycles. The van der Waals surface area contributed by atoms with Gasteiger partial charge in [0.2, 0.25) is 0 Å². The molecule has 0 radical (unpaired) electrons. The van der Waals surface area contributed by atoms with Crippen LogP contribution < -0.4 is 5.32 Å². The molecule has 0 spiro atoms. The third-order valence-corrected chi connectivity index (χ3v) is 5.06. The molecule has 0 unspecified atom stereocenters. The van der Waals surface area contributed by atoms with E-state index >= 15 is 0 Å². The molecule has 7 nitrogen and oxygen atoms in total. The van der Waals surface area contributed by atoms with Gasteiger partial charge in [-0.3, -0.25) is 10.1 Å². The Balaban J connectivity index is 1.52. The second-order valence-electron chi connectivity index (χ2n) is 7.16. The van der Waals surface area contributed by atoms with Gasteiger partial charge in [0.1, 0.15) is 6.61 Å². The van der Waals surface area contributed by atoms with Gasteiger partial charge in [-0.25, -0.2) is 4.79 Å². The summed E-state index contributed by atoms with van der Waals surface area (Å²) in [6, 6.07) is 13.2. The maximum Gasteiger partial charge on any atom is 0.410 e. The zero-order chi connectivity index (χ0) is 20.1.